The van der Waals surface area contributed by atoms with Gasteiger partial charge in [-0.25, -0.2) is 0 Å². The minimum absolute atomic E-state index is 0.0208. The Morgan fingerprint density at radius 3 is 2.78 bits per heavy atom. The summed E-state index contributed by atoms with van der Waals surface area (Å²) in [6.45, 7) is 9.62. The standard InChI is InChI=1S/C20H34O3/c1-5-19(17-9-11-22-14(17)3)23-20(4)10-8-16-13(2)18(21)7-6-15(16)12-20/h9,13-16,18-19,21H,5-8,10-12H2,1-4H3/t13?,14?,15?,16?,18-,19?,20?/m1/s1. The maximum Gasteiger partial charge on any atom is 0.0815 e. The van der Waals surface area contributed by atoms with Crippen LogP contribution in [0, 0.1) is 17.8 Å². The number of aliphatic hydroxyl groups is 1. The zero-order chi connectivity index (χ0) is 16.6. The summed E-state index contributed by atoms with van der Waals surface area (Å²) in [5.41, 5.74) is 1.32. The van der Waals surface area contributed by atoms with E-state index in [4.69, 9.17) is 9.47 Å². The van der Waals surface area contributed by atoms with E-state index >= 15 is 0 Å². The van der Waals surface area contributed by atoms with Gasteiger partial charge in [0.2, 0.25) is 0 Å². The largest absolute Gasteiger partial charge is 0.393 e. The maximum absolute atomic E-state index is 10.2. The summed E-state index contributed by atoms with van der Waals surface area (Å²) in [4.78, 5) is 0. The minimum atomic E-state index is -0.0912. The molecule has 2 fully saturated rings. The van der Waals surface area contributed by atoms with Crippen LogP contribution < -0.4 is 0 Å². The summed E-state index contributed by atoms with van der Waals surface area (Å²) in [6.07, 6.45) is 9.11. The second-order valence-corrected chi connectivity index (χ2v) is 8.31. The van der Waals surface area contributed by atoms with Crippen molar-refractivity contribution in [2.24, 2.45) is 17.8 Å². The monoisotopic (exact) mass is 322 g/mol. The molecule has 0 radical (unpaired) electrons. The molecule has 1 N–H and O–H groups in total. The lowest BCUT2D eigenvalue weighted by molar-refractivity contribution is -0.132. The van der Waals surface area contributed by atoms with Crippen LogP contribution in [0.5, 0.6) is 0 Å². The second kappa shape index (κ2) is 6.85. The van der Waals surface area contributed by atoms with Crippen LogP contribution in [0.4, 0.5) is 0 Å². The third-order valence-corrected chi connectivity index (χ3v) is 6.73. The highest BCUT2D eigenvalue weighted by Gasteiger charge is 2.45. The molecule has 132 valence electrons. The number of fused-ring (bicyclic) bond motifs is 1. The average molecular weight is 322 g/mol. The van der Waals surface area contributed by atoms with E-state index in [1.165, 1.54) is 12.0 Å². The highest BCUT2D eigenvalue weighted by atomic mass is 16.5. The Balaban J connectivity index is 1.66. The second-order valence-electron chi connectivity index (χ2n) is 8.31. The van der Waals surface area contributed by atoms with Crippen LogP contribution in [0.1, 0.15) is 66.2 Å². The molecule has 3 aliphatic rings. The van der Waals surface area contributed by atoms with Gasteiger partial charge in [-0.3, -0.25) is 0 Å². The van der Waals surface area contributed by atoms with Gasteiger partial charge in [-0.2, -0.15) is 0 Å². The average Bonchev–Trinajstić information content (AvgIpc) is 2.95. The Kier molecular flexibility index (Phi) is 5.20. The van der Waals surface area contributed by atoms with Crippen molar-refractivity contribution in [2.45, 2.75) is 90.1 Å². The van der Waals surface area contributed by atoms with Gasteiger partial charge in [0.25, 0.3) is 0 Å². The molecule has 2 saturated carbocycles. The Morgan fingerprint density at radius 1 is 1.35 bits per heavy atom. The van der Waals surface area contributed by atoms with E-state index in [1.807, 2.05) is 0 Å². The van der Waals surface area contributed by atoms with Gasteiger partial charge in [-0.15, -0.1) is 0 Å². The summed E-state index contributed by atoms with van der Waals surface area (Å²) < 4.78 is 12.4. The lowest BCUT2D eigenvalue weighted by Gasteiger charge is -2.49. The Morgan fingerprint density at radius 2 is 2.13 bits per heavy atom. The van der Waals surface area contributed by atoms with Crippen LogP contribution in [0.25, 0.3) is 0 Å². The number of ether oxygens (including phenoxy) is 2. The molecule has 7 atom stereocenters. The van der Waals surface area contributed by atoms with Crippen molar-refractivity contribution in [3.63, 3.8) is 0 Å². The van der Waals surface area contributed by atoms with E-state index in [1.54, 1.807) is 0 Å². The van der Waals surface area contributed by atoms with Gasteiger partial charge in [0.15, 0.2) is 0 Å². The van der Waals surface area contributed by atoms with Crippen LogP contribution in [0.3, 0.4) is 0 Å². The third-order valence-electron chi connectivity index (χ3n) is 6.73. The molecule has 3 rings (SSSR count). The van der Waals surface area contributed by atoms with Crippen molar-refractivity contribution in [1.29, 1.82) is 0 Å². The van der Waals surface area contributed by atoms with Gasteiger partial charge in [0, 0.05) is 0 Å². The zero-order valence-electron chi connectivity index (χ0n) is 15.3. The van der Waals surface area contributed by atoms with Crippen LogP contribution in [-0.2, 0) is 9.47 Å². The Labute approximate surface area is 141 Å². The van der Waals surface area contributed by atoms with Crippen molar-refractivity contribution in [2.75, 3.05) is 6.61 Å². The first-order valence-corrected chi connectivity index (χ1v) is 9.61. The summed E-state index contributed by atoms with van der Waals surface area (Å²) in [7, 11) is 0. The van der Waals surface area contributed by atoms with Crippen LogP contribution in [0.15, 0.2) is 11.6 Å². The molecule has 3 nitrogen and oxygen atoms in total. The fraction of sp³-hybridized carbons (Fsp3) is 0.900. The van der Waals surface area contributed by atoms with Gasteiger partial charge >= 0.3 is 0 Å². The van der Waals surface area contributed by atoms with Crippen molar-refractivity contribution >= 4 is 0 Å². The molecule has 0 aromatic rings. The SMILES string of the molecule is CCC(OC1(C)CCC2C(CC[C@@H](O)C2C)C1)C1=CCOC1C. The Bertz CT molecular complexity index is 446. The van der Waals surface area contributed by atoms with Gasteiger partial charge in [0.1, 0.15) is 0 Å². The van der Waals surface area contributed by atoms with Crippen LogP contribution in [0.2, 0.25) is 0 Å². The molecule has 0 amide bonds. The van der Waals surface area contributed by atoms with E-state index in [-0.39, 0.29) is 23.9 Å². The summed E-state index contributed by atoms with van der Waals surface area (Å²) in [5.74, 6) is 1.85. The Hall–Kier alpha value is -0.380. The quantitative estimate of drug-likeness (QED) is 0.792. The lowest BCUT2D eigenvalue weighted by Crippen LogP contribution is -2.47. The van der Waals surface area contributed by atoms with E-state index < -0.39 is 0 Å². The first kappa shape index (κ1) is 17.4. The van der Waals surface area contributed by atoms with E-state index in [0.29, 0.717) is 11.8 Å². The smallest absolute Gasteiger partial charge is 0.0815 e. The molecule has 3 heteroatoms. The first-order valence-electron chi connectivity index (χ1n) is 9.61. The summed E-state index contributed by atoms with van der Waals surface area (Å²) in [5, 5.41) is 10.2. The normalized spacial score (nSPS) is 45.4. The maximum atomic E-state index is 10.2. The molecule has 23 heavy (non-hydrogen) atoms. The molecular formula is C20H34O3. The molecular weight excluding hydrogens is 288 g/mol. The molecule has 0 aromatic heterocycles. The topological polar surface area (TPSA) is 38.7 Å². The van der Waals surface area contributed by atoms with Gasteiger partial charge in [-0.1, -0.05) is 19.9 Å². The van der Waals surface area contributed by atoms with Gasteiger partial charge in [-0.05, 0) is 75.7 Å². The van der Waals surface area contributed by atoms with Crippen LogP contribution in [-0.4, -0.2) is 35.6 Å². The number of rotatable bonds is 4. The van der Waals surface area contributed by atoms with Crippen molar-refractivity contribution in [1.82, 2.24) is 0 Å². The summed E-state index contributed by atoms with van der Waals surface area (Å²) >= 11 is 0. The first-order chi connectivity index (χ1) is 10.9. The van der Waals surface area contributed by atoms with Crippen molar-refractivity contribution in [3.05, 3.63) is 11.6 Å². The van der Waals surface area contributed by atoms with Crippen LogP contribution >= 0.6 is 0 Å². The molecule has 6 unspecified atom stereocenters. The minimum Gasteiger partial charge on any atom is -0.393 e. The predicted octanol–water partition coefficient (Wildman–Crippen LogP) is 4.09. The molecule has 1 heterocycles. The number of hydrogen-bond acceptors (Lipinski definition) is 3. The molecule has 0 spiro atoms. The highest BCUT2D eigenvalue weighted by molar-refractivity contribution is 5.17. The molecule has 0 bridgehead atoms. The van der Waals surface area contributed by atoms with Gasteiger partial charge in [0.05, 0.1) is 30.5 Å². The van der Waals surface area contributed by atoms with Crippen molar-refractivity contribution < 1.29 is 14.6 Å². The van der Waals surface area contributed by atoms with Gasteiger partial charge < -0.3 is 14.6 Å². The van der Waals surface area contributed by atoms with E-state index in [2.05, 4.69) is 33.8 Å². The fourth-order valence-electron chi connectivity index (χ4n) is 5.24. The third kappa shape index (κ3) is 3.52. The molecule has 1 aliphatic heterocycles. The van der Waals surface area contributed by atoms with E-state index in [9.17, 15) is 5.11 Å². The number of hydrogen-bond donors (Lipinski definition) is 1. The van der Waals surface area contributed by atoms with E-state index in [0.717, 1.165) is 44.6 Å². The highest BCUT2D eigenvalue weighted by Crippen LogP contribution is 2.48. The molecule has 2 aliphatic carbocycles. The lowest BCUT2D eigenvalue weighted by atomic mass is 9.61. The summed E-state index contributed by atoms with van der Waals surface area (Å²) in [6, 6.07) is 0. The molecule has 0 aromatic carbocycles. The zero-order valence-corrected chi connectivity index (χ0v) is 15.3. The fourth-order valence-corrected chi connectivity index (χ4v) is 5.24. The predicted molar refractivity (Wildman–Crippen MR) is 92.3 cm³/mol. The van der Waals surface area contributed by atoms with Crippen molar-refractivity contribution in [3.8, 4) is 0 Å². The molecule has 0 saturated heterocycles. The number of aliphatic hydroxyl groups excluding tert-OH is 1.